The first-order valence-electron chi connectivity index (χ1n) is 10.7. The van der Waals surface area contributed by atoms with Crippen LogP contribution >= 0.6 is 35.0 Å². The third-order valence-corrected chi connectivity index (χ3v) is 7.28. The number of anilines is 1. The fourth-order valence-corrected chi connectivity index (χ4v) is 5.54. The van der Waals surface area contributed by atoms with Crippen molar-refractivity contribution in [1.29, 1.82) is 0 Å². The number of amides is 1. The smallest absolute Gasteiger partial charge is 0.221 e. The highest BCUT2D eigenvalue weighted by molar-refractivity contribution is 8.00. The maximum Gasteiger partial charge on any atom is 0.221 e. The summed E-state index contributed by atoms with van der Waals surface area (Å²) in [6.45, 7) is 1.46. The highest BCUT2D eigenvalue weighted by atomic mass is 35.5. The average molecular weight is 524 g/mol. The number of hydrogen-bond donors (Lipinski definition) is 2. The summed E-state index contributed by atoms with van der Waals surface area (Å²) < 4.78 is 1.75. The standard InChI is InChI=1S/C25H19Cl2N5O2S/c1-14(33)28-18-10-7-15(8-11-18)21-23(22(34)16-5-3-2-4-6-16)35-25-30-29-24(32(25)31-21)19-12-9-17(26)13-20(19)27/h2-13,21,23,31H,1H3,(H,28,33)/t21-,23-/m0/s1. The maximum absolute atomic E-state index is 13.6. The summed E-state index contributed by atoms with van der Waals surface area (Å²) >= 11 is 13.9. The summed E-state index contributed by atoms with van der Waals surface area (Å²) in [5.41, 5.74) is 6.25. The number of nitrogens with zero attached hydrogens (tertiary/aromatic N) is 3. The quantitative estimate of drug-likeness (QED) is 0.319. The third kappa shape index (κ3) is 4.77. The second kappa shape index (κ2) is 9.73. The zero-order valence-corrected chi connectivity index (χ0v) is 20.7. The molecular formula is C25H19Cl2N5O2S. The number of Topliss-reactive ketones (excluding diaryl/α,β-unsaturated/α-hetero) is 1. The van der Waals surface area contributed by atoms with Crippen LogP contribution in [0.4, 0.5) is 5.69 Å². The van der Waals surface area contributed by atoms with Crippen LogP contribution in [0, 0.1) is 0 Å². The number of rotatable bonds is 5. The van der Waals surface area contributed by atoms with E-state index in [-0.39, 0.29) is 11.7 Å². The lowest BCUT2D eigenvalue weighted by Gasteiger charge is -2.33. The molecule has 2 N–H and O–H groups in total. The molecule has 1 aliphatic rings. The molecule has 3 aromatic carbocycles. The summed E-state index contributed by atoms with van der Waals surface area (Å²) in [6, 6.07) is 21.3. The first-order chi connectivity index (χ1) is 16.9. The van der Waals surface area contributed by atoms with E-state index in [0.717, 1.165) is 5.56 Å². The molecule has 0 spiro atoms. The van der Waals surface area contributed by atoms with Crippen molar-refractivity contribution in [1.82, 2.24) is 14.9 Å². The lowest BCUT2D eigenvalue weighted by atomic mass is 9.97. The molecule has 0 bridgehead atoms. The first-order valence-corrected chi connectivity index (χ1v) is 12.3. The Balaban J connectivity index is 1.56. The molecule has 0 unspecified atom stereocenters. The molecule has 4 aromatic rings. The zero-order valence-electron chi connectivity index (χ0n) is 18.4. The van der Waals surface area contributed by atoms with Gasteiger partial charge in [-0.25, -0.2) is 4.68 Å². The lowest BCUT2D eigenvalue weighted by molar-refractivity contribution is -0.114. The maximum atomic E-state index is 13.6. The van der Waals surface area contributed by atoms with Crippen LogP contribution in [0.15, 0.2) is 78.0 Å². The molecule has 2 atom stereocenters. The number of nitrogens with one attached hydrogen (secondary N) is 2. The molecule has 0 saturated carbocycles. The molecular weight excluding hydrogens is 505 g/mol. The number of benzene rings is 3. The molecule has 1 amide bonds. The van der Waals surface area contributed by atoms with E-state index in [0.29, 0.717) is 37.8 Å². The average Bonchev–Trinajstić information content (AvgIpc) is 3.26. The fourth-order valence-electron chi connectivity index (χ4n) is 3.89. The fraction of sp³-hybridized carbons (Fsp3) is 0.120. The first kappa shape index (κ1) is 23.4. The van der Waals surface area contributed by atoms with Gasteiger partial charge in [-0.15, -0.1) is 10.2 Å². The van der Waals surface area contributed by atoms with Gasteiger partial charge in [-0.3, -0.25) is 9.59 Å². The van der Waals surface area contributed by atoms with Gasteiger partial charge in [-0.2, -0.15) is 0 Å². The van der Waals surface area contributed by atoms with Gasteiger partial charge in [0.15, 0.2) is 11.6 Å². The van der Waals surface area contributed by atoms with Crippen LogP contribution in [-0.2, 0) is 4.79 Å². The van der Waals surface area contributed by atoms with Crippen molar-refractivity contribution in [2.24, 2.45) is 0 Å². The largest absolute Gasteiger partial charge is 0.326 e. The van der Waals surface area contributed by atoms with E-state index in [9.17, 15) is 9.59 Å². The summed E-state index contributed by atoms with van der Waals surface area (Å²) in [5, 5.41) is 12.4. The highest BCUT2D eigenvalue weighted by Crippen LogP contribution is 2.41. The van der Waals surface area contributed by atoms with Gasteiger partial charge in [-0.1, -0.05) is 77.4 Å². The van der Waals surface area contributed by atoms with E-state index < -0.39 is 11.3 Å². The number of carbonyl (C=O) groups is 2. The number of aromatic nitrogens is 3. The Morgan fingerprint density at radius 2 is 1.74 bits per heavy atom. The van der Waals surface area contributed by atoms with Crippen LogP contribution in [0.5, 0.6) is 0 Å². The molecule has 1 aliphatic heterocycles. The minimum atomic E-state index is -0.505. The van der Waals surface area contributed by atoms with Crippen LogP contribution in [0.2, 0.25) is 10.0 Å². The van der Waals surface area contributed by atoms with Crippen LogP contribution in [-0.4, -0.2) is 31.8 Å². The third-order valence-electron chi connectivity index (χ3n) is 5.52. The topological polar surface area (TPSA) is 88.9 Å². The number of carbonyl (C=O) groups excluding carboxylic acids is 2. The Labute approximate surface area is 215 Å². The molecule has 176 valence electrons. The minimum absolute atomic E-state index is 0.0284. The Morgan fingerprint density at radius 3 is 2.43 bits per heavy atom. The lowest BCUT2D eigenvalue weighted by Crippen LogP contribution is -2.39. The van der Waals surface area contributed by atoms with Gasteiger partial charge in [-0.05, 0) is 35.9 Å². The van der Waals surface area contributed by atoms with E-state index in [2.05, 4.69) is 20.9 Å². The predicted octanol–water partition coefficient (Wildman–Crippen LogP) is 5.85. The normalized spacial score (nSPS) is 16.8. The summed E-state index contributed by atoms with van der Waals surface area (Å²) in [6.07, 6.45) is 0. The van der Waals surface area contributed by atoms with E-state index >= 15 is 0 Å². The van der Waals surface area contributed by atoms with Crippen LogP contribution < -0.4 is 10.7 Å². The van der Waals surface area contributed by atoms with Gasteiger partial charge in [0.1, 0.15) is 5.25 Å². The van der Waals surface area contributed by atoms with Gasteiger partial charge < -0.3 is 10.7 Å². The summed E-state index contributed by atoms with van der Waals surface area (Å²) in [5.74, 6) is 0.332. The molecule has 5 rings (SSSR count). The van der Waals surface area contributed by atoms with E-state index in [4.69, 9.17) is 23.2 Å². The summed E-state index contributed by atoms with van der Waals surface area (Å²) in [4.78, 5) is 25.0. The van der Waals surface area contributed by atoms with Crippen LogP contribution in [0.25, 0.3) is 11.4 Å². The van der Waals surface area contributed by atoms with Crippen LogP contribution in [0.1, 0.15) is 28.9 Å². The minimum Gasteiger partial charge on any atom is -0.326 e. The van der Waals surface area contributed by atoms with Gasteiger partial charge in [0.2, 0.25) is 11.1 Å². The molecule has 2 heterocycles. The number of fused-ring (bicyclic) bond motifs is 1. The van der Waals surface area contributed by atoms with Gasteiger partial charge >= 0.3 is 0 Å². The molecule has 0 saturated heterocycles. The summed E-state index contributed by atoms with van der Waals surface area (Å²) in [7, 11) is 0. The van der Waals surface area contributed by atoms with Crippen molar-refractivity contribution in [3.63, 3.8) is 0 Å². The van der Waals surface area contributed by atoms with E-state index in [1.165, 1.54) is 18.7 Å². The molecule has 1 aromatic heterocycles. The molecule has 7 nitrogen and oxygen atoms in total. The molecule has 0 radical (unpaired) electrons. The van der Waals surface area contributed by atoms with Gasteiger partial charge in [0.25, 0.3) is 0 Å². The number of hydrogen-bond acceptors (Lipinski definition) is 6. The van der Waals surface area contributed by atoms with Crippen molar-refractivity contribution >= 4 is 52.3 Å². The van der Waals surface area contributed by atoms with Gasteiger partial charge in [0, 0.05) is 28.8 Å². The van der Waals surface area contributed by atoms with Crippen molar-refractivity contribution in [2.75, 3.05) is 10.7 Å². The molecule has 0 aliphatic carbocycles. The number of ketones is 1. The Hall–Kier alpha value is -3.33. The Kier molecular flexibility index (Phi) is 6.51. The highest BCUT2D eigenvalue weighted by Gasteiger charge is 2.38. The molecule has 0 fully saturated rings. The van der Waals surface area contributed by atoms with E-state index in [1.54, 1.807) is 35.0 Å². The second-order valence-corrected chi connectivity index (χ2v) is 9.90. The second-order valence-electron chi connectivity index (χ2n) is 7.94. The van der Waals surface area contributed by atoms with Gasteiger partial charge in [0.05, 0.1) is 11.1 Å². The van der Waals surface area contributed by atoms with Crippen molar-refractivity contribution < 1.29 is 9.59 Å². The zero-order chi connectivity index (χ0) is 24.5. The van der Waals surface area contributed by atoms with Crippen molar-refractivity contribution in [2.45, 2.75) is 23.4 Å². The van der Waals surface area contributed by atoms with Crippen molar-refractivity contribution in [3.8, 4) is 11.4 Å². The Morgan fingerprint density at radius 1 is 1.00 bits per heavy atom. The molecule has 10 heteroatoms. The van der Waals surface area contributed by atoms with Crippen molar-refractivity contribution in [3.05, 3.63) is 94.0 Å². The monoisotopic (exact) mass is 523 g/mol. The number of halogens is 2. The van der Waals surface area contributed by atoms with E-state index in [1.807, 2.05) is 42.5 Å². The molecule has 35 heavy (non-hydrogen) atoms. The predicted molar refractivity (Wildman–Crippen MR) is 139 cm³/mol. The number of thioether (sulfide) groups is 1. The SMILES string of the molecule is CC(=O)Nc1ccc([C@@H]2Nn3c(nnc3-c3ccc(Cl)cc3Cl)S[C@@H]2C(=O)c2ccccc2)cc1. The Bertz CT molecular complexity index is 1410. The van der Waals surface area contributed by atoms with Crippen LogP contribution in [0.3, 0.4) is 0 Å².